The molecule has 0 aliphatic rings. The maximum Gasteiger partial charge on any atom is 0.323 e. The van der Waals surface area contributed by atoms with Crippen molar-refractivity contribution < 1.29 is 24.5 Å². The van der Waals surface area contributed by atoms with Crippen LogP contribution in [0.5, 0.6) is 0 Å². The van der Waals surface area contributed by atoms with Crippen molar-refractivity contribution in [3.05, 3.63) is 29.3 Å². The Bertz CT molecular complexity index is 426. The maximum absolute atomic E-state index is 10.9. The number of carboxylic acids is 1. The minimum absolute atomic E-state index is 0.118. The highest BCUT2D eigenvalue weighted by molar-refractivity contribution is 6.30. The van der Waals surface area contributed by atoms with Crippen LogP contribution in [0, 0.1) is 0 Å². The minimum atomic E-state index is -0.975. The molecule has 1 unspecified atom stereocenters. The summed E-state index contributed by atoms with van der Waals surface area (Å²) in [5.74, 6) is -0.975. The number of aliphatic carboxylic acids is 1. The van der Waals surface area contributed by atoms with Gasteiger partial charge in [0.25, 0.3) is 0 Å². The smallest absolute Gasteiger partial charge is 0.323 e. The van der Waals surface area contributed by atoms with Gasteiger partial charge in [0.05, 0.1) is 25.9 Å². The van der Waals surface area contributed by atoms with Gasteiger partial charge in [-0.15, -0.1) is 0 Å². The van der Waals surface area contributed by atoms with Crippen LogP contribution in [0.4, 0.5) is 5.69 Å². The van der Waals surface area contributed by atoms with E-state index in [0.717, 1.165) is 0 Å². The summed E-state index contributed by atoms with van der Waals surface area (Å²) in [5.41, 5.74) is 0.678. The highest BCUT2D eigenvalue weighted by atomic mass is 35.5. The van der Waals surface area contributed by atoms with E-state index < -0.39 is 12.1 Å². The van der Waals surface area contributed by atoms with Crippen molar-refractivity contribution in [3.8, 4) is 0 Å². The number of methoxy groups -OCH3 is 1. The molecule has 1 aromatic carbocycles. The molecule has 0 fully saturated rings. The Morgan fingerprint density at radius 3 is 2.57 bits per heavy atom. The lowest BCUT2D eigenvalue weighted by molar-refractivity contribution is -0.135. The van der Waals surface area contributed by atoms with Gasteiger partial charge < -0.3 is 24.6 Å². The van der Waals surface area contributed by atoms with Gasteiger partial charge in [-0.25, -0.2) is 0 Å². The number of aliphatic hydroxyl groups excluding tert-OH is 1. The predicted octanol–water partition coefficient (Wildman–Crippen LogP) is 1.25. The summed E-state index contributed by atoms with van der Waals surface area (Å²) in [7, 11) is 1.56. The fraction of sp³-hybridized carbons (Fsp3) is 0.500. The van der Waals surface area contributed by atoms with Crippen molar-refractivity contribution in [3.63, 3.8) is 0 Å². The Hall–Kier alpha value is -1.34. The third-order valence-corrected chi connectivity index (χ3v) is 2.94. The van der Waals surface area contributed by atoms with Gasteiger partial charge in [-0.1, -0.05) is 11.6 Å². The summed E-state index contributed by atoms with van der Waals surface area (Å²) >= 11 is 5.81. The normalized spacial score (nSPS) is 12.1. The molecule has 0 spiro atoms. The second-order valence-electron chi connectivity index (χ2n) is 4.47. The highest BCUT2D eigenvalue weighted by Gasteiger charge is 2.15. The van der Waals surface area contributed by atoms with E-state index in [0.29, 0.717) is 23.9 Å². The molecule has 0 aliphatic carbocycles. The largest absolute Gasteiger partial charge is 0.480 e. The number of anilines is 1. The second kappa shape index (κ2) is 9.57. The van der Waals surface area contributed by atoms with Crippen molar-refractivity contribution in [1.82, 2.24) is 0 Å². The van der Waals surface area contributed by atoms with Gasteiger partial charge in [-0.3, -0.25) is 4.79 Å². The molecule has 7 heteroatoms. The van der Waals surface area contributed by atoms with Crippen LogP contribution in [0.15, 0.2) is 24.3 Å². The molecule has 1 rings (SSSR count). The van der Waals surface area contributed by atoms with Gasteiger partial charge in [0, 0.05) is 24.4 Å². The minimum Gasteiger partial charge on any atom is -0.480 e. The first-order valence-corrected chi connectivity index (χ1v) is 6.87. The molecule has 1 aromatic rings. The van der Waals surface area contributed by atoms with Crippen LogP contribution in [0.1, 0.15) is 0 Å². The van der Waals surface area contributed by atoms with Crippen LogP contribution in [-0.2, 0) is 14.3 Å². The van der Waals surface area contributed by atoms with Gasteiger partial charge >= 0.3 is 5.97 Å². The van der Waals surface area contributed by atoms with Crippen LogP contribution in [-0.4, -0.2) is 62.3 Å². The topological polar surface area (TPSA) is 79.2 Å². The van der Waals surface area contributed by atoms with Crippen molar-refractivity contribution in [2.75, 3.05) is 44.9 Å². The first-order valence-electron chi connectivity index (χ1n) is 6.50. The van der Waals surface area contributed by atoms with Crippen LogP contribution >= 0.6 is 11.6 Å². The summed E-state index contributed by atoms with van der Waals surface area (Å²) in [6, 6.07) is 6.77. The van der Waals surface area contributed by atoms with Crippen molar-refractivity contribution in [1.29, 1.82) is 0 Å². The molecule has 0 aromatic heterocycles. The summed E-state index contributed by atoms with van der Waals surface area (Å²) in [6.45, 7) is 0.890. The molecule has 1 atom stereocenters. The Morgan fingerprint density at radius 2 is 2.00 bits per heavy atom. The van der Waals surface area contributed by atoms with E-state index in [2.05, 4.69) is 0 Å². The van der Waals surface area contributed by atoms with E-state index in [-0.39, 0.29) is 19.7 Å². The Kier molecular flexibility index (Phi) is 8.07. The van der Waals surface area contributed by atoms with E-state index in [1.54, 1.807) is 36.3 Å². The molecule has 0 heterocycles. The lowest BCUT2D eigenvalue weighted by Crippen LogP contribution is -2.38. The van der Waals surface area contributed by atoms with Gasteiger partial charge in [0.15, 0.2) is 0 Å². The number of nitrogens with zero attached hydrogens (tertiary/aromatic N) is 1. The van der Waals surface area contributed by atoms with Gasteiger partial charge in [0.1, 0.15) is 6.54 Å². The van der Waals surface area contributed by atoms with E-state index in [1.165, 1.54) is 0 Å². The Labute approximate surface area is 128 Å². The zero-order valence-electron chi connectivity index (χ0n) is 11.9. The first-order chi connectivity index (χ1) is 10.0. The average molecular weight is 318 g/mol. The molecular weight excluding hydrogens is 298 g/mol. The van der Waals surface area contributed by atoms with E-state index in [9.17, 15) is 9.90 Å². The molecule has 0 saturated heterocycles. The highest BCUT2D eigenvalue weighted by Crippen LogP contribution is 2.18. The predicted molar refractivity (Wildman–Crippen MR) is 80.0 cm³/mol. The maximum atomic E-state index is 10.9. The number of carboxylic acid groups (broad SMARTS) is 1. The molecule has 0 radical (unpaired) electrons. The van der Waals surface area contributed by atoms with Crippen molar-refractivity contribution >= 4 is 23.3 Å². The summed E-state index contributed by atoms with van der Waals surface area (Å²) in [6.07, 6.45) is -0.795. The summed E-state index contributed by atoms with van der Waals surface area (Å²) in [5, 5.41) is 19.4. The molecule has 0 amide bonds. The number of aliphatic hydroxyl groups is 1. The number of halogens is 1. The second-order valence-corrected chi connectivity index (χ2v) is 4.91. The molecule has 2 N–H and O–H groups in total. The number of ether oxygens (including phenoxy) is 2. The SMILES string of the molecule is COCCOCC(O)CN(CC(=O)O)c1ccc(Cl)cc1. The standard InChI is InChI=1S/C14H20ClNO5/c1-20-6-7-21-10-13(17)8-16(9-14(18)19)12-4-2-11(15)3-5-12/h2-5,13,17H,6-10H2,1H3,(H,18,19). The first kappa shape index (κ1) is 17.7. The molecule has 0 bridgehead atoms. The fourth-order valence-electron chi connectivity index (χ4n) is 1.75. The number of benzene rings is 1. The lowest BCUT2D eigenvalue weighted by Gasteiger charge is -2.25. The van der Waals surface area contributed by atoms with Crippen LogP contribution < -0.4 is 4.90 Å². The van der Waals surface area contributed by atoms with E-state index in [4.69, 9.17) is 26.2 Å². The molecule has 6 nitrogen and oxygen atoms in total. The number of rotatable bonds is 10. The zero-order valence-corrected chi connectivity index (χ0v) is 12.6. The quantitative estimate of drug-likeness (QED) is 0.632. The van der Waals surface area contributed by atoms with Crippen LogP contribution in [0.25, 0.3) is 0 Å². The third-order valence-electron chi connectivity index (χ3n) is 2.69. The number of hydrogen-bond acceptors (Lipinski definition) is 5. The van der Waals surface area contributed by atoms with E-state index >= 15 is 0 Å². The Balaban J connectivity index is 2.57. The van der Waals surface area contributed by atoms with Gasteiger partial charge in [0.2, 0.25) is 0 Å². The fourth-order valence-corrected chi connectivity index (χ4v) is 1.87. The Morgan fingerprint density at radius 1 is 1.33 bits per heavy atom. The molecule has 118 valence electrons. The monoisotopic (exact) mass is 317 g/mol. The third kappa shape index (κ3) is 7.29. The molecule has 0 aliphatic heterocycles. The zero-order chi connectivity index (χ0) is 15.7. The van der Waals surface area contributed by atoms with Crippen molar-refractivity contribution in [2.45, 2.75) is 6.10 Å². The molecule has 0 saturated carbocycles. The van der Waals surface area contributed by atoms with E-state index in [1.807, 2.05) is 0 Å². The number of hydrogen-bond donors (Lipinski definition) is 2. The lowest BCUT2D eigenvalue weighted by atomic mass is 10.2. The van der Waals surface area contributed by atoms with Gasteiger partial charge in [-0.2, -0.15) is 0 Å². The summed E-state index contributed by atoms with van der Waals surface area (Å²) in [4.78, 5) is 12.5. The van der Waals surface area contributed by atoms with Crippen LogP contribution in [0.3, 0.4) is 0 Å². The summed E-state index contributed by atoms with van der Waals surface area (Å²) < 4.78 is 10.1. The van der Waals surface area contributed by atoms with Crippen LogP contribution in [0.2, 0.25) is 5.02 Å². The molecular formula is C14H20ClNO5. The molecule has 21 heavy (non-hydrogen) atoms. The number of carbonyl (C=O) groups is 1. The van der Waals surface area contributed by atoms with Gasteiger partial charge in [-0.05, 0) is 24.3 Å². The van der Waals surface area contributed by atoms with Crippen molar-refractivity contribution in [2.24, 2.45) is 0 Å². The average Bonchev–Trinajstić information content (AvgIpc) is 2.43.